The van der Waals surface area contributed by atoms with Gasteiger partial charge in [0.05, 0.1) is 18.1 Å². The largest absolute Gasteiger partial charge is 0.377 e. The molecule has 0 amide bonds. The first-order valence-electron chi connectivity index (χ1n) is 6.78. The molecule has 1 rings (SSSR count). The first-order chi connectivity index (χ1) is 9.24. The SMILES string of the molecule is CCCS(=O)(=O)NCCN(CC1CCCO1)S(C)(=O)=O. The van der Waals surface area contributed by atoms with E-state index in [1.165, 1.54) is 4.31 Å². The van der Waals surface area contributed by atoms with Crippen molar-refractivity contribution in [2.75, 3.05) is 38.2 Å². The predicted molar refractivity (Wildman–Crippen MR) is 77.5 cm³/mol. The molecule has 1 fully saturated rings. The van der Waals surface area contributed by atoms with Crippen LogP contribution in [-0.4, -0.2) is 65.5 Å². The summed E-state index contributed by atoms with van der Waals surface area (Å²) in [6.45, 7) is 2.93. The van der Waals surface area contributed by atoms with Crippen molar-refractivity contribution in [3.8, 4) is 0 Å². The molecule has 0 saturated carbocycles. The van der Waals surface area contributed by atoms with Gasteiger partial charge in [0, 0.05) is 26.2 Å². The van der Waals surface area contributed by atoms with Crippen LogP contribution in [0.25, 0.3) is 0 Å². The molecule has 20 heavy (non-hydrogen) atoms. The van der Waals surface area contributed by atoms with Crippen molar-refractivity contribution in [3.05, 3.63) is 0 Å². The van der Waals surface area contributed by atoms with Crippen LogP contribution in [0.3, 0.4) is 0 Å². The van der Waals surface area contributed by atoms with E-state index in [2.05, 4.69) is 4.72 Å². The van der Waals surface area contributed by atoms with Crippen LogP contribution in [0, 0.1) is 0 Å². The Morgan fingerprint density at radius 1 is 1.30 bits per heavy atom. The van der Waals surface area contributed by atoms with Gasteiger partial charge in [0.25, 0.3) is 0 Å². The van der Waals surface area contributed by atoms with Gasteiger partial charge in [-0.3, -0.25) is 0 Å². The van der Waals surface area contributed by atoms with Crippen molar-refractivity contribution in [2.24, 2.45) is 0 Å². The summed E-state index contributed by atoms with van der Waals surface area (Å²) in [6, 6.07) is 0. The first-order valence-corrected chi connectivity index (χ1v) is 10.3. The number of nitrogens with zero attached hydrogens (tertiary/aromatic N) is 1. The lowest BCUT2D eigenvalue weighted by Crippen LogP contribution is -2.42. The zero-order valence-electron chi connectivity index (χ0n) is 12.0. The van der Waals surface area contributed by atoms with E-state index in [4.69, 9.17) is 4.74 Å². The molecular weight excluding hydrogens is 304 g/mol. The third-order valence-electron chi connectivity index (χ3n) is 3.06. The highest BCUT2D eigenvalue weighted by Gasteiger charge is 2.24. The molecule has 0 bridgehead atoms. The van der Waals surface area contributed by atoms with Crippen LogP contribution >= 0.6 is 0 Å². The maximum atomic E-state index is 11.7. The van der Waals surface area contributed by atoms with E-state index >= 15 is 0 Å². The molecule has 1 aliphatic rings. The van der Waals surface area contributed by atoms with Crippen molar-refractivity contribution in [2.45, 2.75) is 32.3 Å². The number of rotatable bonds is 9. The minimum atomic E-state index is -3.36. The van der Waals surface area contributed by atoms with Crippen LogP contribution in [-0.2, 0) is 24.8 Å². The fourth-order valence-electron chi connectivity index (χ4n) is 2.07. The molecule has 1 saturated heterocycles. The van der Waals surface area contributed by atoms with E-state index in [0.29, 0.717) is 13.0 Å². The van der Waals surface area contributed by atoms with Crippen LogP contribution < -0.4 is 4.72 Å². The van der Waals surface area contributed by atoms with E-state index in [-0.39, 0.29) is 31.5 Å². The normalized spacial score (nSPS) is 20.6. The molecule has 0 spiro atoms. The van der Waals surface area contributed by atoms with Gasteiger partial charge in [-0.2, -0.15) is 4.31 Å². The fraction of sp³-hybridized carbons (Fsp3) is 1.00. The average molecular weight is 328 g/mol. The molecule has 7 nitrogen and oxygen atoms in total. The third kappa shape index (κ3) is 6.49. The van der Waals surface area contributed by atoms with Crippen LogP contribution in [0.15, 0.2) is 0 Å². The van der Waals surface area contributed by atoms with Crippen molar-refractivity contribution in [1.29, 1.82) is 0 Å². The summed E-state index contributed by atoms with van der Waals surface area (Å²) < 4.78 is 55.5. The van der Waals surface area contributed by atoms with E-state index in [1.807, 2.05) is 0 Å². The first kappa shape index (κ1) is 17.8. The Labute approximate surface area is 121 Å². The molecule has 1 atom stereocenters. The lowest BCUT2D eigenvalue weighted by molar-refractivity contribution is 0.0943. The molecule has 9 heteroatoms. The maximum Gasteiger partial charge on any atom is 0.211 e. The molecule has 0 aromatic heterocycles. The van der Waals surface area contributed by atoms with Crippen molar-refractivity contribution < 1.29 is 21.6 Å². The van der Waals surface area contributed by atoms with Crippen molar-refractivity contribution in [1.82, 2.24) is 9.03 Å². The van der Waals surface area contributed by atoms with Gasteiger partial charge >= 0.3 is 0 Å². The molecule has 1 N–H and O–H groups in total. The third-order valence-corrected chi connectivity index (χ3v) is 5.92. The minimum absolute atomic E-state index is 0.0532. The molecular formula is C11H24N2O5S2. The maximum absolute atomic E-state index is 11.7. The summed E-state index contributed by atoms with van der Waals surface area (Å²) in [7, 11) is -6.67. The highest BCUT2D eigenvalue weighted by Crippen LogP contribution is 2.14. The molecule has 0 radical (unpaired) electrons. The molecule has 0 aliphatic carbocycles. The lowest BCUT2D eigenvalue weighted by Gasteiger charge is -2.23. The van der Waals surface area contributed by atoms with Gasteiger partial charge in [-0.1, -0.05) is 6.92 Å². The highest BCUT2D eigenvalue weighted by molar-refractivity contribution is 7.89. The number of ether oxygens (including phenoxy) is 1. The van der Waals surface area contributed by atoms with Gasteiger partial charge in [-0.05, 0) is 19.3 Å². The summed E-state index contributed by atoms with van der Waals surface area (Å²) >= 11 is 0. The number of sulfonamides is 2. The second-order valence-electron chi connectivity index (χ2n) is 4.97. The Bertz CT molecular complexity index is 483. The summed E-state index contributed by atoms with van der Waals surface area (Å²) in [4.78, 5) is 0. The van der Waals surface area contributed by atoms with Crippen LogP contribution in [0.4, 0.5) is 0 Å². The van der Waals surface area contributed by atoms with Gasteiger partial charge in [0.15, 0.2) is 0 Å². The zero-order chi connectivity index (χ0) is 15.2. The van der Waals surface area contributed by atoms with Gasteiger partial charge in [0.2, 0.25) is 20.0 Å². The summed E-state index contributed by atoms with van der Waals surface area (Å²) in [5.74, 6) is 0.0532. The number of hydrogen-bond acceptors (Lipinski definition) is 5. The smallest absolute Gasteiger partial charge is 0.211 e. The van der Waals surface area contributed by atoms with Gasteiger partial charge < -0.3 is 4.74 Å². The van der Waals surface area contributed by atoms with Crippen LogP contribution in [0.5, 0.6) is 0 Å². The Morgan fingerprint density at radius 3 is 2.50 bits per heavy atom. The highest BCUT2D eigenvalue weighted by atomic mass is 32.2. The Hall–Kier alpha value is -0.220. The van der Waals surface area contributed by atoms with Crippen LogP contribution in [0.1, 0.15) is 26.2 Å². The zero-order valence-corrected chi connectivity index (χ0v) is 13.7. The molecule has 120 valence electrons. The average Bonchev–Trinajstić information content (AvgIpc) is 2.79. The van der Waals surface area contributed by atoms with Gasteiger partial charge in [-0.15, -0.1) is 0 Å². The van der Waals surface area contributed by atoms with E-state index in [1.54, 1.807) is 6.92 Å². The summed E-state index contributed by atoms with van der Waals surface area (Å²) in [5, 5.41) is 0. The quantitative estimate of drug-likeness (QED) is 0.630. The molecule has 0 aromatic carbocycles. The van der Waals surface area contributed by atoms with Gasteiger partial charge in [-0.25, -0.2) is 21.6 Å². The summed E-state index contributed by atoms with van der Waals surface area (Å²) in [6.07, 6.45) is 3.35. The van der Waals surface area contributed by atoms with E-state index in [0.717, 1.165) is 19.1 Å². The fourth-order valence-corrected chi connectivity index (χ4v) is 4.02. The Kier molecular flexibility index (Phi) is 6.86. The number of hydrogen-bond donors (Lipinski definition) is 1. The summed E-state index contributed by atoms with van der Waals surface area (Å²) in [5.41, 5.74) is 0. The van der Waals surface area contributed by atoms with Crippen LogP contribution in [0.2, 0.25) is 0 Å². The van der Waals surface area contributed by atoms with E-state index in [9.17, 15) is 16.8 Å². The standard InChI is InChI=1S/C11H24N2O5S2/c1-3-9-20(16,17)12-6-7-13(19(2,14)15)10-11-5-4-8-18-11/h11-12H,3-10H2,1-2H3. The van der Waals surface area contributed by atoms with Crippen molar-refractivity contribution in [3.63, 3.8) is 0 Å². The predicted octanol–water partition coefficient (Wildman–Crippen LogP) is -0.244. The second-order valence-corrected chi connectivity index (χ2v) is 8.88. The molecule has 1 heterocycles. The van der Waals surface area contributed by atoms with Crippen molar-refractivity contribution >= 4 is 20.0 Å². The minimum Gasteiger partial charge on any atom is -0.377 e. The molecule has 1 aliphatic heterocycles. The van der Waals surface area contributed by atoms with E-state index < -0.39 is 20.0 Å². The lowest BCUT2D eigenvalue weighted by atomic mass is 10.2. The topological polar surface area (TPSA) is 92.8 Å². The Morgan fingerprint density at radius 2 is 2.00 bits per heavy atom. The van der Waals surface area contributed by atoms with Gasteiger partial charge in [0.1, 0.15) is 0 Å². The Balaban J connectivity index is 2.49. The molecule has 0 aromatic rings. The molecule has 1 unspecified atom stereocenters. The number of nitrogens with one attached hydrogen (secondary N) is 1. The second kappa shape index (κ2) is 7.69. The monoisotopic (exact) mass is 328 g/mol.